The standard InChI is InChI=1S/C38H53FN2O2S/c1-7-12-15-18-29-19-20-30(31(39)23-29)32-21-22-33(44-32)36-35-34(37(42)41(36)25-28(11-5)17-14-9-3)26(6)40(38(35)43)24-27(10-4)16-13-8-2/h19-23,27-28H,7-18,24-25H2,1-6H3. The number of thiophene rings is 1. The number of allylic oxidation sites excluding steroid dienone is 1. The first-order valence-corrected chi connectivity index (χ1v) is 18.1. The number of fused-ring (bicyclic) bond motifs is 1. The van der Waals surface area contributed by atoms with Crippen LogP contribution >= 0.6 is 11.3 Å². The van der Waals surface area contributed by atoms with E-state index in [-0.39, 0.29) is 17.6 Å². The average Bonchev–Trinajstić information content (AvgIpc) is 3.67. The van der Waals surface area contributed by atoms with E-state index >= 15 is 4.39 Å². The Balaban J connectivity index is 1.72. The molecule has 0 bridgehead atoms. The lowest BCUT2D eigenvalue weighted by Gasteiger charge is -2.28. The lowest BCUT2D eigenvalue weighted by atomic mass is 9.98. The number of carbonyl (C=O) groups excluding carboxylic acids is 2. The zero-order valence-electron chi connectivity index (χ0n) is 27.9. The molecule has 0 radical (unpaired) electrons. The highest BCUT2D eigenvalue weighted by atomic mass is 32.1. The Morgan fingerprint density at radius 1 is 0.727 bits per heavy atom. The lowest BCUT2D eigenvalue weighted by molar-refractivity contribution is -0.124. The maximum atomic E-state index is 15.4. The predicted octanol–water partition coefficient (Wildman–Crippen LogP) is 10.4. The van der Waals surface area contributed by atoms with Gasteiger partial charge in [0.1, 0.15) is 5.82 Å². The molecule has 0 fully saturated rings. The summed E-state index contributed by atoms with van der Waals surface area (Å²) in [6, 6.07) is 9.52. The molecule has 2 aromatic rings. The van der Waals surface area contributed by atoms with Crippen molar-refractivity contribution in [3.8, 4) is 10.4 Å². The zero-order valence-corrected chi connectivity index (χ0v) is 28.8. The predicted molar refractivity (Wildman–Crippen MR) is 183 cm³/mol. The fourth-order valence-electron chi connectivity index (χ4n) is 6.67. The van der Waals surface area contributed by atoms with Gasteiger partial charge in [-0.3, -0.25) is 9.59 Å². The van der Waals surface area contributed by atoms with Crippen LogP contribution in [0.25, 0.3) is 16.1 Å². The van der Waals surface area contributed by atoms with Crippen LogP contribution in [0.5, 0.6) is 0 Å². The van der Waals surface area contributed by atoms with E-state index in [2.05, 4.69) is 34.6 Å². The topological polar surface area (TPSA) is 40.6 Å². The number of hydrogen-bond acceptors (Lipinski definition) is 3. The van der Waals surface area contributed by atoms with Crippen molar-refractivity contribution in [1.29, 1.82) is 0 Å². The van der Waals surface area contributed by atoms with E-state index in [4.69, 9.17) is 0 Å². The SMILES string of the molecule is CCCCCc1ccc(-c2ccc(C3=C4C(=O)N(CC(CC)CCCC)C(C)=C4C(=O)N3CC(CC)CCCC)s2)c(F)c1. The Labute approximate surface area is 269 Å². The highest BCUT2D eigenvalue weighted by molar-refractivity contribution is 7.16. The molecule has 4 nitrogen and oxygen atoms in total. The van der Waals surface area contributed by atoms with Crippen LogP contribution in [0.3, 0.4) is 0 Å². The zero-order chi connectivity index (χ0) is 31.8. The first kappa shape index (κ1) is 34.1. The minimum atomic E-state index is -0.216. The summed E-state index contributed by atoms with van der Waals surface area (Å²) in [6.07, 6.45) is 12.9. The van der Waals surface area contributed by atoms with Crippen molar-refractivity contribution < 1.29 is 14.0 Å². The molecule has 2 aliphatic rings. The van der Waals surface area contributed by atoms with Crippen molar-refractivity contribution in [2.24, 2.45) is 11.8 Å². The minimum absolute atomic E-state index is 0.0579. The highest BCUT2D eigenvalue weighted by Gasteiger charge is 2.48. The number of carbonyl (C=O) groups is 2. The van der Waals surface area contributed by atoms with Crippen molar-refractivity contribution in [1.82, 2.24) is 9.80 Å². The molecule has 4 rings (SSSR count). The van der Waals surface area contributed by atoms with Gasteiger partial charge in [0, 0.05) is 29.2 Å². The summed E-state index contributed by atoms with van der Waals surface area (Å²) in [7, 11) is 0. The third-order valence-corrected chi connectivity index (χ3v) is 10.7. The van der Waals surface area contributed by atoms with Crippen molar-refractivity contribution in [2.75, 3.05) is 13.1 Å². The first-order chi connectivity index (χ1) is 21.3. The van der Waals surface area contributed by atoms with E-state index in [0.29, 0.717) is 41.6 Å². The summed E-state index contributed by atoms with van der Waals surface area (Å²) in [5, 5.41) is 0. The van der Waals surface area contributed by atoms with Crippen LogP contribution in [0.1, 0.15) is 123 Å². The van der Waals surface area contributed by atoms with Gasteiger partial charge in [-0.2, -0.15) is 0 Å². The molecule has 3 heterocycles. The van der Waals surface area contributed by atoms with E-state index in [9.17, 15) is 9.59 Å². The van der Waals surface area contributed by atoms with E-state index in [1.165, 1.54) is 11.3 Å². The lowest BCUT2D eigenvalue weighted by Crippen LogP contribution is -2.34. The van der Waals surface area contributed by atoms with Crippen LogP contribution in [0.4, 0.5) is 4.39 Å². The van der Waals surface area contributed by atoms with Crippen LogP contribution in [-0.4, -0.2) is 34.7 Å². The van der Waals surface area contributed by atoms with E-state index < -0.39 is 0 Å². The molecule has 0 saturated carbocycles. The van der Waals surface area contributed by atoms with Gasteiger partial charge in [-0.1, -0.05) is 98.1 Å². The summed E-state index contributed by atoms with van der Waals surface area (Å²) in [4.78, 5) is 33.8. The molecular formula is C38H53FN2O2S. The molecule has 44 heavy (non-hydrogen) atoms. The number of nitrogens with zero attached hydrogens (tertiary/aromatic N) is 2. The Morgan fingerprint density at radius 3 is 1.91 bits per heavy atom. The van der Waals surface area contributed by atoms with Crippen LogP contribution < -0.4 is 0 Å². The van der Waals surface area contributed by atoms with E-state index in [1.807, 2.05) is 41.0 Å². The third kappa shape index (κ3) is 7.38. The summed E-state index contributed by atoms with van der Waals surface area (Å²) in [5.74, 6) is 0.432. The number of rotatable bonds is 18. The van der Waals surface area contributed by atoms with Crippen LogP contribution in [-0.2, 0) is 16.0 Å². The Kier molecular flexibility index (Phi) is 12.4. The van der Waals surface area contributed by atoms with Gasteiger partial charge in [0.2, 0.25) is 0 Å². The Morgan fingerprint density at radius 2 is 1.32 bits per heavy atom. The molecule has 2 amide bonds. The van der Waals surface area contributed by atoms with Gasteiger partial charge in [0.25, 0.3) is 11.8 Å². The fourth-order valence-corrected chi connectivity index (χ4v) is 7.76. The van der Waals surface area contributed by atoms with Crippen molar-refractivity contribution in [2.45, 2.75) is 119 Å². The van der Waals surface area contributed by atoms with Gasteiger partial charge in [0.05, 0.1) is 21.7 Å². The summed E-state index contributed by atoms with van der Waals surface area (Å²) in [5.41, 5.74) is 4.22. The maximum absolute atomic E-state index is 15.4. The number of hydrogen-bond donors (Lipinski definition) is 0. The summed E-state index contributed by atoms with van der Waals surface area (Å²) in [6.45, 7) is 14.1. The molecule has 1 aromatic carbocycles. The molecule has 0 N–H and O–H groups in total. The van der Waals surface area contributed by atoms with Gasteiger partial charge in [0.15, 0.2) is 0 Å². The van der Waals surface area contributed by atoms with Crippen LogP contribution in [0.15, 0.2) is 47.2 Å². The Bertz CT molecular complexity index is 1370. The molecule has 6 heteroatoms. The van der Waals surface area contributed by atoms with Gasteiger partial charge in [-0.15, -0.1) is 11.3 Å². The number of amides is 2. The van der Waals surface area contributed by atoms with Crippen LogP contribution in [0, 0.1) is 17.7 Å². The van der Waals surface area contributed by atoms with E-state index in [1.54, 1.807) is 6.07 Å². The van der Waals surface area contributed by atoms with Crippen molar-refractivity contribution in [3.05, 3.63) is 63.4 Å². The first-order valence-electron chi connectivity index (χ1n) is 17.3. The molecule has 0 spiro atoms. The molecule has 0 saturated heterocycles. The second-order valence-corrected chi connectivity index (χ2v) is 13.9. The van der Waals surface area contributed by atoms with Gasteiger partial charge in [-0.25, -0.2) is 4.39 Å². The number of benzene rings is 1. The molecule has 0 aliphatic carbocycles. The average molecular weight is 621 g/mol. The molecule has 2 unspecified atom stereocenters. The molecule has 2 atom stereocenters. The van der Waals surface area contributed by atoms with Gasteiger partial charge >= 0.3 is 0 Å². The number of aryl methyl sites for hydroxylation is 1. The second-order valence-electron chi connectivity index (χ2n) is 12.8. The van der Waals surface area contributed by atoms with E-state index in [0.717, 1.165) is 104 Å². The largest absolute Gasteiger partial charge is 0.311 e. The summed E-state index contributed by atoms with van der Waals surface area (Å²) >= 11 is 1.48. The number of halogens is 1. The van der Waals surface area contributed by atoms with Crippen molar-refractivity contribution >= 4 is 28.8 Å². The van der Waals surface area contributed by atoms with Crippen LogP contribution in [0.2, 0.25) is 0 Å². The smallest absolute Gasteiger partial charge is 0.261 e. The van der Waals surface area contributed by atoms with Crippen molar-refractivity contribution in [3.63, 3.8) is 0 Å². The Hall–Kier alpha value is -2.73. The highest BCUT2D eigenvalue weighted by Crippen LogP contribution is 2.47. The molecular weight excluding hydrogens is 567 g/mol. The fraction of sp³-hybridized carbons (Fsp3) is 0.579. The van der Waals surface area contributed by atoms with Gasteiger partial charge < -0.3 is 9.80 Å². The molecule has 2 aliphatic heterocycles. The number of unbranched alkanes of at least 4 members (excludes halogenated alkanes) is 4. The minimum Gasteiger partial charge on any atom is -0.311 e. The van der Waals surface area contributed by atoms with Gasteiger partial charge in [-0.05, 0) is 68.2 Å². The maximum Gasteiger partial charge on any atom is 0.261 e. The third-order valence-electron chi connectivity index (χ3n) is 9.62. The normalized spacial score (nSPS) is 16.5. The summed E-state index contributed by atoms with van der Waals surface area (Å²) < 4.78 is 15.4. The second kappa shape index (κ2) is 16.0. The molecule has 240 valence electrons. The monoisotopic (exact) mass is 620 g/mol. The quantitative estimate of drug-likeness (QED) is 0.156. The molecule has 1 aromatic heterocycles.